The third-order valence-corrected chi connectivity index (χ3v) is 3.46. The Kier molecular flexibility index (Phi) is 3.38. The predicted octanol–water partition coefficient (Wildman–Crippen LogP) is -0.977. The molecule has 0 amide bonds. The molecule has 4 nitrogen and oxygen atoms in total. The molecule has 2 saturated heterocycles. The van der Waals surface area contributed by atoms with Gasteiger partial charge in [0.1, 0.15) is 0 Å². The topological polar surface area (TPSA) is 55.7 Å². The first kappa shape index (κ1) is 10.4. The van der Waals surface area contributed by atoms with Gasteiger partial charge < -0.3 is 15.5 Å². The van der Waals surface area contributed by atoms with Gasteiger partial charge in [0, 0.05) is 38.2 Å². The summed E-state index contributed by atoms with van der Waals surface area (Å²) in [5, 5.41) is 22.1. The van der Waals surface area contributed by atoms with Crippen molar-refractivity contribution >= 4 is 0 Å². The summed E-state index contributed by atoms with van der Waals surface area (Å²) in [6.45, 7) is 3.85. The summed E-state index contributed by atoms with van der Waals surface area (Å²) in [6.07, 6.45) is 2.11. The van der Waals surface area contributed by atoms with E-state index in [1.807, 2.05) is 0 Å². The van der Waals surface area contributed by atoms with Crippen molar-refractivity contribution in [3.63, 3.8) is 0 Å². The largest absolute Gasteiger partial charge is 0.396 e. The highest BCUT2D eigenvalue weighted by atomic mass is 16.3. The van der Waals surface area contributed by atoms with Crippen LogP contribution < -0.4 is 5.32 Å². The summed E-state index contributed by atoms with van der Waals surface area (Å²) in [4.78, 5) is 2.32. The average molecular weight is 200 g/mol. The maximum Gasteiger partial charge on any atom is 0.0729 e. The van der Waals surface area contributed by atoms with E-state index in [0.717, 1.165) is 26.2 Å². The zero-order valence-corrected chi connectivity index (χ0v) is 8.52. The number of likely N-dealkylation sites (tertiary alicyclic amines) is 1. The van der Waals surface area contributed by atoms with E-state index in [-0.39, 0.29) is 18.6 Å². The molecule has 0 radical (unpaired) electrons. The minimum atomic E-state index is -0.332. The zero-order valence-electron chi connectivity index (χ0n) is 8.52. The average Bonchev–Trinajstić information content (AvgIpc) is 2.61. The molecule has 0 aromatic rings. The van der Waals surface area contributed by atoms with Gasteiger partial charge in [0.05, 0.1) is 6.10 Å². The maximum atomic E-state index is 9.67. The van der Waals surface area contributed by atoms with E-state index >= 15 is 0 Å². The molecule has 0 saturated carbocycles. The molecule has 2 aliphatic heterocycles. The standard InChI is InChI=1S/C10H20N2O2/c13-7-8-5-12(6-10(8)14)9-2-1-3-11-4-9/h8-11,13-14H,1-7H2. The predicted molar refractivity (Wildman–Crippen MR) is 54.0 cm³/mol. The molecule has 0 bridgehead atoms. The molecule has 2 fully saturated rings. The Bertz CT molecular complexity index is 183. The van der Waals surface area contributed by atoms with Crippen molar-refractivity contribution in [2.45, 2.75) is 25.0 Å². The molecule has 2 rings (SSSR count). The summed E-state index contributed by atoms with van der Waals surface area (Å²) in [6, 6.07) is 0.565. The van der Waals surface area contributed by atoms with Crippen LogP contribution in [-0.2, 0) is 0 Å². The Morgan fingerprint density at radius 3 is 2.79 bits per heavy atom. The molecule has 3 unspecified atom stereocenters. The fourth-order valence-electron chi connectivity index (χ4n) is 2.51. The first-order chi connectivity index (χ1) is 6.81. The highest BCUT2D eigenvalue weighted by Crippen LogP contribution is 2.21. The number of aliphatic hydroxyl groups excluding tert-OH is 2. The third-order valence-electron chi connectivity index (χ3n) is 3.46. The van der Waals surface area contributed by atoms with Crippen molar-refractivity contribution in [2.24, 2.45) is 5.92 Å². The number of piperidine rings is 1. The van der Waals surface area contributed by atoms with E-state index < -0.39 is 0 Å². The van der Waals surface area contributed by atoms with Crippen molar-refractivity contribution in [3.05, 3.63) is 0 Å². The molecule has 82 valence electrons. The van der Waals surface area contributed by atoms with Gasteiger partial charge in [0.2, 0.25) is 0 Å². The van der Waals surface area contributed by atoms with Crippen LogP contribution in [0.15, 0.2) is 0 Å². The molecule has 0 aromatic carbocycles. The quantitative estimate of drug-likeness (QED) is 0.536. The Morgan fingerprint density at radius 1 is 1.36 bits per heavy atom. The van der Waals surface area contributed by atoms with Crippen molar-refractivity contribution in [1.82, 2.24) is 10.2 Å². The SMILES string of the molecule is OCC1CN(C2CCCNC2)CC1O. The van der Waals surface area contributed by atoms with Crippen LogP contribution in [0.5, 0.6) is 0 Å². The lowest BCUT2D eigenvalue weighted by atomic mass is 10.1. The first-order valence-corrected chi connectivity index (χ1v) is 5.55. The number of nitrogens with one attached hydrogen (secondary N) is 1. The normalized spacial score (nSPS) is 40.3. The molecular weight excluding hydrogens is 180 g/mol. The van der Waals surface area contributed by atoms with Gasteiger partial charge in [-0.25, -0.2) is 0 Å². The summed E-state index contributed by atoms with van der Waals surface area (Å²) in [7, 11) is 0. The number of β-amino-alcohol motifs (C(OH)–C–C–N with tert-alkyl or cyclic N) is 1. The minimum absolute atomic E-state index is 0.0666. The number of nitrogens with zero attached hydrogens (tertiary/aromatic N) is 1. The van der Waals surface area contributed by atoms with Crippen LogP contribution in [0.2, 0.25) is 0 Å². The van der Waals surface area contributed by atoms with E-state index in [2.05, 4.69) is 10.2 Å². The lowest BCUT2D eigenvalue weighted by Gasteiger charge is -2.31. The highest BCUT2D eigenvalue weighted by Gasteiger charge is 2.34. The lowest BCUT2D eigenvalue weighted by Crippen LogP contribution is -2.45. The number of rotatable bonds is 2. The molecule has 2 aliphatic rings. The molecular formula is C10H20N2O2. The van der Waals surface area contributed by atoms with E-state index in [1.54, 1.807) is 0 Å². The monoisotopic (exact) mass is 200 g/mol. The van der Waals surface area contributed by atoms with Crippen molar-refractivity contribution in [1.29, 1.82) is 0 Å². The second-order valence-electron chi connectivity index (χ2n) is 4.46. The Labute approximate surface area is 84.9 Å². The second kappa shape index (κ2) is 4.57. The van der Waals surface area contributed by atoms with Gasteiger partial charge in [-0.05, 0) is 19.4 Å². The van der Waals surface area contributed by atoms with Crippen LogP contribution in [0.1, 0.15) is 12.8 Å². The van der Waals surface area contributed by atoms with Crippen LogP contribution >= 0.6 is 0 Å². The molecule has 3 N–H and O–H groups in total. The van der Waals surface area contributed by atoms with Gasteiger partial charge in [-0.1, -0.05) is 0 Å². The Hall–Kier alpha value is -0.160. The van der Waals surface area contributed by atoms with Gasteiger partial charge in [0.25, 0.3) is 0 Å². The van der Waals surface area contributed by atoms with Gasteiger partial charge in [-0.2, -0.15) is 0 Å². The fraction of sp³-hybridized carbons (Fsp3) is 1.00. The van der Waals surface area contributed by atoms with Gasteiger partial charge >= 0.3 is 0 Å². The first-order valence-electron chi connectivity index (χ1n) is 5.55. The molecule has 0 aromatic heterocycles. The molecule has 3 atom stereocenters. The summed E-state index contributed by atoms with van der Waals surface area (Å²) in [5.41, 5.74) is 0. The smallest absolute Gasteiger partial charge is 0.0729 e. The lowest BCUT2D eigenvalue weighted by molar-refractivity contribution is 0.102. The van der Waals surface area contributed by atoms with Crippen molar-refractivity contribution in [3.8, 4) is 0 Å². The fourth-order valence-corrected chi connectivity index (χ4v) is 2.51. The van der Waals surface area contributed by atoms with Gasteiger partial charge in [-0.15, -0.1) is 0 Å². The third kappa shape index (κ3) is 2.08. The number of hydrogen-bond donors (Lipinski definition) is 3. The van der Waals surface area contributed by atoms with Crippen LogP contribution in [0.25, 0.3) is 0 Å². The number of aliphatic hydroxyl groups is 2. The summed E-state index contributed by atoms with van der Waals surface area (Å²) >= 11 is 0. The Balaban J connectivity index is 1.86. The van der Waals surface area contributed by atoms with Crippen molar-refractivity contribution < 1.29 is 10.2 Å². The van der Waals surface area contributed by atoms with E-state index in [4.69, 9.17) is 5.11 Å². The molecule has 2 heterocycles. The van der Waals surface area contributed by atoms with Crippen LogP contribution in [-0.4, -0.2) is 60.0 Å². The highest BCUT2D eigenvalue weighted by molar-refractivity contribution is 4.89. The van der Waals surface area contributed by atoms with Crippen LogP contribution in [0.3, 0.4) is 0 Å². The van der Waals surface area contributed by atoms with Crippen LogP contribution in [0.4, 0.5) is 0 Å². The minimum Gasteiger partial charge on any atom is -0.396 e. The van der Waals surface area contributed by atoms with E-state index in [0.29, 0.717) is 6.04 Å². The van der Waals surface area contributed by atoms with Gasteiger partial charge in [-0.3, -0.25) is 4.90 Å². The van der Waals surface area contributed by atoms with Crippen molar-refractivity contribution in [2.75, 3.05) is 32.8 Å². The summed E-state index contributed by atoms with van der Waals surface area (Å²) < 4.78 is 0. The van der Waals surface area contributed by atoms with Crippen LogP contribution in [0, 0.1) is 5.92 Å². The van der Waals surface area contributed by atoms with Gasteiger partial charge in [0.15, 0.2) is 0 Å². The molecule has 0 spiro atoms. The maximum absolute atomic E-state index is 9.67. The molecule has 0 aliphatic carbocycles. The van der Waals surface area contributed by atoms with E-state index in [9.17, 15) is 5.11 Å². The molecule has 4 heteroatoms. The number of hydrogen-bond acceptors (Lipinski definition) is 4. The second-order valence-corrected chi connectivity index (χ2v) is 4.46. The van der Waals surface area contributed by atoms with E-state index in [1.165, 1.54) is 12.8 Å². The molecule has 14 heavy (non-hydrogen) atoms. The zero-order chi connectivity index (χ0) is 9.97. The Morgan fingerprint density at radius 2 is 2.21 bits per heavy atom. The summed E-state index contributed by atoms with van der Waals surface area (Å²) in [5.74, 6) is 0.0666.